The van der Waals surface area contributed by atoms with E-state index < -0.39 is 0 Å². The minimum absolute atomic E-state index is 0.117. The van der Waals surface area contributed by atoms with Gasteiger partial charge in [0.25, 0.3) is 0 Å². The second kappa shape index (κ2) is 4.96. The number of hydrogen-bond donors (Lipinski definition) is 0. The molecule has 0 aromatic heterocycles. The molecule has 17 heavy (non-hydrogen) atoms. The van der Waals surface area contributed by atoms with Gasteiger partial charge in [0.2, 0.25) is 0 Å². The van der Waals surface area contributed by atoms with E-state index in [-0.39, 0.29) is 5.78 Å². The smallest absolute Gasteiger partial charge is 0.193 e. The van der Waals surface area contributed by atoms with Crippen molar-refractivity contribution in [1.29, 1.82) is 0 Å². The van der Waals surface area contributed by atoms with Gasteiger partial charge in [-0.1, -0.05) is 55.0 Å². The minimum atomic E-state index is 0.117. The van der Waals surface area contributed by atoms with Crippen LogP contribution in [0.4, 0.5) is 0 Å². The van der Waals surface area contributed by atoms with Crippen LogP contribution in [0.2, 0.25) is 0 Å². The van der Waals surface area contributed by atoms with Gasteiger partial charge < -0.3 is 0 Å². The molecule has 1 nitrogen and oxygen atoms in total. The van der Waals surface area contributed by atoms with Crippen LogP contribution < -0.4 is 0 Å². The van der Waals surface area contributed by atoms with E-state index >= 15 is 0 Å². The topological polar surface area (TPSA) is 17.1 Å². The lowest BCUT2D eigenvalue weighted by atomic mass is 9.96. The summed E-state index contributed by atoms with van der Waals surface area (Å²) >= 11 is 0. The van der Waals surface area contributed by atoms with E-state index in [4.69, 9.17) is 0 Å². The monoisotopic (exact) mass is 224 g/mol. The molecular weight excluding hydrogens is 208 g/mol. The molecule has 0 aliphatic rings. The fourth-order valence-electron chi connectivity index (χ4n) is 1.99. The molecule has 0 heterocycles. The SMILES string of the molecule is CCc1ccccc1C(=O)c1cccc(C)c1. The van der Waals surface area contributed by atoms with Crippen molar-refractivity contribution >= 4 is 5.78 Å². The Kier molecular flexibility index (Phi) is 3.38. The third kappa shape index (κ3) is 2.44. The van der Waals surface area contributed by atoms with Crippen LogP contribution in [0, 0.1) is 6.92 Å². The first-order chi connectivity index (χ1) is 8.22. The van der Waals surface area contributed by atoms with Gasteiger partial charge in [0.05, 0.1) is 0 Å². The van der Waals surface area contributed by atoms with Crippen molar-refractivity contribution in [2.45, 2.75) is 20.3 Å². The Morgan fingerprint density at radius 1 is 1.06 bits per heavy atom. The minimum Gasteiger partial charge on any atom is -0.289 e. The zero-order valence-electron chi connectivity index (χ0n) is 10.2. The number of hydrogen-bond acceptors (Lipinski definition) is 1. The maximum Gasteiger partial charge on any atom is 0.193 e. The Balaban J connectivity index is 2.44. The summed E-state index contributed by atoms with van der Waals surface area (Å²) in [6, 6.07) is 15.6. The Bertz CT molecular complexity index is 541. The molecule has 0 unspecified atom stereocenters. The van der Waals surface area contributed by atoms with E-state index in [1.54, 1.807) is 0 Å². The number of benzene rings is 2. The fourth-order valence-corrected chi connectivity index (χ4v) is 1.99. The summed E-state index contributed by atoms with van der Waals surface area (Å²) in [5, 5.41) is 0. The van der Waals surface area contributed by atoms with Crippen LogP contribution in [0.5, 0.6) is 0 Å². The van der Waals surface area contributed by atoms with Crippen LogP contribution in [0.25, 0.3) is 0 Å². The third-order valence-electron chi connectivity index (χ3n) is 2.92. The van der Waals surface area contributed by atoms with Crippen molar-refractivity contribution in [3.05, 3.63) is 70.8 Å². The van der Waals surface area contributed by atoms with E-state index in [1.165, 1.54) is 0 Å². The van der Waals surface area contributed by atoms with Gasteiger partial charge >= 0.3 is 0 Å². The highest BCUT2D eigenvalue weighted by Crippen LogP contribution is 2.16. The molecule has 0 spiro atoms. The number of carbonyl (C=O) groups excluding carboxylic acids is 1. The third-order valence-corrected chi connectivity index (χ3v) is 2.92. The fraction of sp³-hybridized carbons (Fsp3) is 0.188. The Morgan fingerprint density at radius 2 is 1.82 bits per heavy atom. The first-order valence-electron chi connectivity index (χ1n) is 5.91. The molecule has 2 rings (SSSR count). The quantitative estimate of drug-likeness (QED) is 0.725. The zero-order chi connectivity index (χ0) is 12.3. The van der Waals surface area contributed by atoms with Crippen LogP contribution >= 0.6 is 0 Å². The predicted molar refractivity (Wildman–Crippen MR) is 70.4 cm³/mol. The first-order valence-corrected chi connectivity index (χ1v) is 5.91. The van der Waals surface area contributed by atoms with Crippen molar-refractivity contribution in [2.24, 2.45) is 0 Å². The average Bonchev–Trinajstić information content (AvgIpc) is 2.38. The molecule has 0 atom stereocenters. The van der Waals surface area contributed by atoms with Crippen LogP contribution in [0.3, 0.4) is 0 Å². The van der Waals surface area contributed by atoms with E-state index in [0.29, 0.717) is 0 Å². The Labute approximate surface area is 102 Å². The van der Waals surface area contributed by atoms with Crippen LogP contribution in [0.15, 0.2) is 48.5 Å². The van der Waals surface area contributed by atoms with Crippen LogP contribution in [-0.4, -0.2) is 5.78 Å². The molecule has 0 saturated heterocycles. The molecule has 0 fully saturated rings. The molecule has 0 saturated carbocycles. The first kappa shape index (κ1) is 11.6. The normalized spacial score (nSPS) is 10.2. The van der Waals surface area contributed by atoms with Crippen molar-refractivity contribution in [1.82, 2.24) is 0 Å². The lowest BCUT2D eigenvalue weighted by Gasteiger charge is -2.07. The van der Waals surface area contributed by atoms with Gasteiger partial charge in [-0.3, -0.25) is 4.79 Å². The molecular formula is C16H16O. The highest BCUT2D eigenvalue weighted by atomic mass is 16.1. The van der Waals surface area contributed by atoms with Crippen molar-refractivity contribution in [2.75, 3.05) is 0 Å². The molecule has 86 valence electrons. The molecule has 2 aromatic rings. The highest BCUT2D eigenvalue weighted by molar-refractivity contribution is 6.10. The predicted octanol–water partition coefficient (Wildman–Crippen LogP) is 3.79. The highest BCUT2D eigenvalue weighted by Gasteiger charge is 2.11. The van der Waals surface area contributed by atoms with Gasteiger partial charge in [-0.15, -0.1) is 0 Å². The van der Waals surface area contributed by atoms with Crippen molar-refractivity contribution in [3.63, 3.8) is 0 Å². The zero-order valence-corrected chi connectivity index (χ0v) is 10.2. The van der Waals surface area contributed by atoms with Crippen molar-refractivity contribution in [3.8, 4) is 0 Å². The lowest BCUT2D eigenvalue weighted by Crippen LogP contribution is -2.05. The molecule has 1 heteroatoms. The molecule has 0 bridgehead atoms. The summed E-state index contributed by atoms with van der Waals surface area (Å²) in [5.41, 5.74) is 3.82. The summed E-state index contributed by atoms with van der Waals surface area (Å²) < 4.78 is 0. The van der Waals surface area contributed by atoms with Gasteiger partial charge in [0.1, 0.15) is 0 Å². The van der Waals surface area contributed by atoms with Gasteiger partial charge in [-0.2, -0.15) is 0 Å². The second-order valence-corrected chi connectivity index (χ2v) is 4.21. The summed E-state index contributed by atoms with van der Waals surface area (Å²) in [5.74, 6) is 0.117. The molecule has 0 N–H and O–H groups in total. The molecule has 0 aliphatic heterocycles. The van der Waals surface area contributed by atoms with Crippen LogP contribution in [0.1, 0.15) is 34.0 Å². The lowest BCUT2D eigenvalue weighted by molar-refractivity contribution is 0.103. The van der Waals surface area contributed by atoms with Gasteiger partial charge in [-0.25, -0.2) is 0 Å². The maximum absolute atomic E-state index is 12.4. The summed E-state index contributed by atoms with van der Waals surface area (Å²) in [6.07, 6.45) is 0.883. The number of carbonyl (C=O) groups is 1. The molecule has 2 aromatic carbocycles. The van der Waals surface area contributed by atoms with Crippen molar-refractivity contribution < 1.29 is 4.79 Å². The maximum atomic E-state index is 12.4. The number of aryl methyl sites for hydroxylation is 2. The summed E-state index contributed by atoms with van der Waals surface area (Å²) in [6.45, 7) is 4.07. The molecule has 0 radical (unpaired) electrons. The van der Waals surface area contributed by atoms with Gasteiger partial charge in [0, 0.05) is 11.1 Å². The van der Waals surface area contributed by atoms with E-state index in [2.05, 4.69) is 6.92 Å². The second-order valence-electron chi connectivity index (χ2n) is 4.21. The van der Waals surface area contributed by atoms with E-state index in [9.17, 15) is 4.79 Å². The average molecular weight is 224 g/mol. The van der Waals surface area contributed by atoms with Crippen LogP contribution in [-0.2, 0) is 6.42 Å². The largest absolute Gasteiger partial charge is 0.289 e. The summed E-state index contributed by atoms with van der Waals surface area (Å²) in [7, 11) is 0. The number of ketones is 1. The Morgan fingerprint density at radius 3 is 2.53 bits per heavy atom. The van der Waals surface area contributed by atoms with E-state index in [0.717, 1.165) is 28.7 Å². The summed E-state index contributed by atoms with van der Waals surface area (Å²) in [4.78, 5) is 12.4. The number of rotatable bonds is 3. The molecule has 0 aliphatic carbocycles. The molecule has 0 amide bonds. The standard InChI is InChI=1S/C16H16O/c1-3-13-8-4-5-10-15(13)16(17)14-9-6-7-12(2)11-14/h4-11H,3H2,1-2H3. The van der Waals surface area contributed by atoms with Gasteiger partial charge in [-0.05, 0) is 25.0 Å². The van der Waals surface area contributed by atoms with E-state index in [1.807, 2.05) is 55.5 Å². The van der Waals surface area contributed by atoms with Gasteiger partial charge in [0.15, 0.2) is 5.78 Å². The Hall–Kier alpha value is -1.89.